The maximum atomic E-state index is 9.64. The molecular weight excluding hydrogens is 136 g/mol. The molecule has 1 saturated carbocycles. The van der Waals surface area contributed by atoms with Crippen LogP contribution in [-0.4, -0.2) is 5.11 Å². The number of benzene rings is 1. The van der Waals surface area contributed by atoms with Gasteiger partial charge in [-0.2, -0.15) is 0 Å². The van der Waals surface area contributed by atoms with Gasteiger partial charge in [0.25, 0.3) is 0 Å². The van der Waals surface area contributed by atoms with Gasteiger partial charge in [0.05, 0.1) is 6.10 Å². The lowest BCUT2D eigenvalue weighted by atomic mass is 10.1. The molecule has 0 aliphatic heterocycles. The summed E-state index contributed by atoms with van der Waals surface area (Å²) in [6.45, 7) is 0. The van der Waals surface area contributed by atoms with E-state index >= 15 is 0 Å². The molecule has 11 heavy (non-hydrogen) atoms. The molecule has 2 rings (SSSR count). The van der Waals surface area contributed by atoms with Crippen LogP contribution in [0.4, 0.5) is 0 Å². The summed E-state index contributed by atoms with van der Waals surface area (Å²) < 4.78 is 0. The Labute approximate surface area is 66.7 Å². The zero-order valence-electron chi connectivity index (χ0n) is 6.33. The van der Waals surface area contributed by atoms with Gasteiger partial charge in [0.2, 0.25) is 0 Å². The predicted octanol–water partition coefficient (Wildman–Crippen LogP) is 1.93. The van der Waals surface area contributed by atoms with Crippen LogP contribution in [0.2, 0.25) is 0 Å². The van der Waals surface area contributed by atoms with E-state index in [2.05, 4.69) is 6.07 Å². The van der Waals surface area contributed by atoms with Gasteiger partial charge in [-0.15, -0.1) is 0 Å². The van der Waals surface area contributed by atoms with Crippen molar-refractivity contribution in [2.75, 3.05) is 0 Å². The minimum atomic E-state index is -0.243. The lowest BCUT2D eigenvalue weighted by Gasteiger charge is -2.07. The number of aliphatic hydroxyl groups excluding tert-OH is 1. The van der Waals surface area contributed by atoms with Crippen LogP contribution in [0.1, 0.15) is 24.5 Å². The highest BCUT2D eigenvalue weighted by molar-refractivity contribution is 5.18. The van der Waals surface area contributed by atoms with Crippen LogP contribution in [0.15, 0.2) is 24.3 Å². The summed E-state index contributed by atoms with van der Waals surface area (Å²) in [5.41, 5.74) is 1.01. The third kappa shape index (κ3) is 1.43. The van der Waals surface area contributed by atoms with Crippen LogP contribution < -0.4 is 0 Å². The molecular formula is C10H11O. The fourth-order valence-corrected chi connectivity index (χ4v) is 1.28. The smallest absolute Gasteiger partial charge is 0.0818 e. The third-order valence-electron chi connectivity index (χ3n) is 2.14. The maximum Gasteiger partial charge on any atom is 0.0818 e. The number of rotatable bonds is 2. The van der Waals surface area contributed by atoms with E-state index in [1.807, 2.05) is 24.3 Å². The van der Waals surface area contributed by atoms with Crippen LogP contribution in [0, 0.1) is 12.0 Å². The van der Waals surface area contributed by atoms with Crippen molar-refractivity contribution in [3.63, 3.8) is 0 Å². The molecule has 1 aromatic rings. The first-order chi connectivity index (χ1) is 5.38. The van der Waals surface area contributed by atoms with Gasteiger partial charge in [-0.05, 0) is 36.5 Å². The molecule has 0 aromatic heterocycles. The van der Waals surface area contributed by atoms with Gasteiger partial charge in [-0.1, -0.05) is 18.2 Å². The van der Waals surface area contributed by atoms with E-state index in [1.54, 1.807) is 0 Å². The van der Waals surface area contributed by atoms with Crippen molar-refractivity contribution in [1.29, 1.82) is 0 Å². The average Bonchev–Trinajstić information content (AvgIpc) is 2.87. The molecule has 1 aromatic carbocycles. The molecule has 57 valence electrons. The molecule has 1 nitrogen and oxygen atoms in total. The molecule has 0 spiro atoms. The van der Waals surface area contributed by atoms with Gasteiger partial charge >= 0.3 is 0 Å². The molecule has 0 heterocycles. The lowest BCUT2D eigenvalue weighted by Crippen LogP contribution is -1.98. The molecule has 1 heteroatoms. The highest BCUT2D eigenvalue weighted by Crippen LogP contribution is 2.40. The van der Waals surface area contributed by atoms with Crippen LogP contribution in [0.5, 0.6) is 0 Å². The molecule has 1 unspecified atom stereocenters. The van der Waals surface area contributed by atoms with Crippen molar-refractivity contribution in [2.24, 2.45) is 5.92 Å². The molecule has 1 radical (unpaired) electrons. The summed E-state index contributed by atoms with van der Waals surface area (Å²) in [6, 6.07) is 10.6. The Hall–Kier alpha value is -0.820. The first-order valence-electron chi connectivity index (χ1n) is 4.02. The summed E-state index contributed by atoms with van der Waals surface area (Å²) in [7, 11) is 0. The van der Waals surface area contributed by atoms with E-state index in [4.69, 9.17) is 0 Å². The Kier molecular flexibility index (Phi) is 1.66. The second-order valence-electron chi connectivity index (χ2n) is 3.12. The Balaban J connectivity index is 2.15. The van der Waals surface area contributed by atoms with Crippen LogP contribution in [0.3, 0.4) is 0 Å². The minimum Gasteiger partial charge on any atom is -0.388 e. The van der Waals surface area contributed by atoms with Crippen LogP contribution in [-0.2, 0) is 0 Å². The summed E-state index contributed by atoms with van der Waals surface area (Å²) >= 11 is 0. The highest BCUT2D eigenvalue weighted by Gasteiger charge is 2.30. The number of hydrogen-bond donors (Lipinski definition) is 1. The molecule has 1 N–H and O–H groups in total. The van der Waals surface area contributed by atoms with Gasteiger partial charge in [0.15, 0.2) is 0 Å². The Bertz CT molecular complexity index is 226. The maximum absolute atomic E-state index is 9.64. The van der Waals surface area contributed by atoms with Crippen LogP contribution >= 0.6 is 0 Å². The van der Waals surface area contributed by atoms with Crippen molar-refractivity contribution in [1.82, 2.24) is 0 Å². The van der Waals surface area contributed by atoms with Crippen molar-refractivity contribution < 1.29 is 5.11 Å². The van der Waals surface area contributed by atoms with Crippen molar-refractivity contribution in [2.45, 2.75) is 18.9 Å². The number of hydrogen-bond acceptors (Lipinski definition) is 1. The standard InChI is InChI=1S/C10H11O/c11-10(9-6-7-9)8-4-2-1-3-5-8/h1-2,4-5,9-11H,6-7H2. The normalized spacial score (nSPS) is 19.7. The summed E-state index contributed by atoms with van der Waals surface area (Å²) in [6.07, 6.45) is 2.11. The second-order valence-corrected chi connectivity index (χ2v) is 3.12. The van der Waals surface area contributed by atoms with E-state index in [9.17, 15) is 5.11 Å². The van der Waals surface area contributed by atoms with E-state index in [-0.39, 0.29) is 6.10 Å². The molecule has 0 bridgehead atoms. The molecule has 1 atom stereocenters. The van der Waals surface area contributed by atoms with E-state index in [0.29, 0.717) is 5.92 Å². The molecule has 0 amide bonds. The largest absolute Gasteiger partial charge is 0.388 e. The van der Waals surface area contributed by atoms with Crippen molar-refractivity contribution >= 4 is 0 Å². The van der Waals surface area contributed by atoms with Crippen molar-refractivity contribution in [3.05, 3.63) is 35.9 Å². The van der Waals surface area contributed by atoms with E-state index in [0.717, 1.165) is 5.56 Å². The topological polar surface area (TPSA) is 20.2 Å². The zero-order valence-corrected chi connectivity index (χ0v) is 6.33. The van der Waals surface area contributed by atoms with Gasteiger partial charge in [-0.25, -0.2) is 0 Å². The van der Waals surface area contributed by atoms with Gasteiger partial charge in [-0.3, -0.25) is 0 Å². The molecule has 1 aliphatic rings. The van der Waals surface area contributed by atoms with Gasteiger partial charge in [0, 0.05) is 0 Å². The second kappa shape index (κ2) is 2.67. The Morgan fingerprint density at radius 3 is 2.91 bits per heavy atom. The number of aliphatic hydroxyl groups is 1. The fraction of sp³-hybridized carbons (Fsp3) is 0.400. The Morgan fingerprint density at radius 1 is 1.55 bits per heavy atom. The van der Waals surface area contributed by atoms with E-state index < -0.39 is 0 Å². The first kappa shape index (κ1) is 6.86. The summed E-state index contributed by atoms with van der Waals surface area (Å²) in [5, 5.41) is 9.64. The average molecular weight is 147 g/mol. The predicted molar refractivity (Wildman–Crippen MR) is 43.0 cm³/mol. The monoisotopic (exact) mass is 147 g/mol. The quantitative estimate of drug-likeness (QED) is 0.677. The Morgan fingerprint density at radius 2 is 2.36 bits per heavy atom. The van der Waals surface area contributed by atoms with Gasteiger partial charge in [0.1, 0.15) is 0 Å². The fourth-order valence-electron chi connectivity index (χ4n) is 1.28. The zero-order chi connectivity index (χ0) is 7.68. The summed E-state index contributed by atoms with van der Waals surface area (Å²) in [5.74, 6) is 0.519. The highest BCUT2D eigenvalue weighted by atomic mass is 16.3. The first-order valence-corrected chi connectivity index (χ1v) is 4.02. The molecule has 0 saturated heterocycles. The minimum absolute atomic E-state index is 0.243. The van der Waals surface area contributed by atoms with Crippen LogP contribution in [0.25, 0.3) is 0 Å². The molecule has 1 fully saturated rings. The SMILES string of the molecule is OC(c1c[c]ccc1)C1CC1. The van der Waals surface area contributed by atoms with E-state index in [1.165, 1.54) is 12.8 Å². The molecule has 1 aliphatic carbocycles. The van der Waals surface area contributed by atoms with Crippen molar-refractivity contribution in [3.8, 4) is 0 Å². The third-order valence-corrected chi connectivity index (χ3v) is 2.14. The summed E-state index contributed by atoms with van der Waals surface area (Å²) in [4.78, 5) is 0. The lowest BCUT2D eigenvalue weighted by molar-refractivity contribution is 0.154. The van der Waals surface area contributed by atoms with Gasteiger partial charge < -0.3 is 5.11 Å².